The number of hydrogen-bond acceptors (Lipinski definition) is 5. The van der Waals surface area contributed by atoms with Crippen molar-refractivity contribution >= 4 is 11.6 Å². The van der Waals surface area contributed by atoms with E-state index in [0.29, 0.717) is 36.3 Å². The van der Waals surface area contributed by atoms with Crippen LogP contribution in [0.5, 0.6) is 0 Å². The average Bonchev–Trinajstić information content (AvgIpc) is 3.26. The Hall–Kier alpha value is -3.06. The minimum atomic E-state index is -0.335. The van der Waals surface area contributed by atoms with Crippen LogP contribution in [0.2, 0.25) is 0 Å². The predicted molar refractivity (Wildman–Crippen MR) is 122 cm³/mol. The number of aromatic nitrogens is 2. The first-order valence-corrected chi connectivity index (χ1v) is 11.1. The third-order valence-electron chi connectivity index (χ3n) is 5.94. The Morgan fingerprint density at radius 3 is 2.88 bits per heavy atom. The normalized spacial score (nSPS) is 17.0. The van der Waals surface area contributed by atoms with Crippen LogP contribution in [-0.4, -0.2) is 40.6 Å². The zero-order valence-corrected chi connectivity index (χ0v) is 18.8. The minimum Gasteiger partial charge on any atom is -0.339 e. The van der Waals surface area contributed by atoms with Gasteiger partial charge in [0.2, 0.25) is 17.6 Å². The maximum absolute atomic E-state index is 13.5. The molecule has 7 heteroatoms. The molecule has 32 heavy (non-hydrogen) atoms. The molecule has 1 atom stereocenters. The van der Waals surface area contributed by atoms with Gasteiger partial charge in [0.15, 0.2) is 0 Å². The predicted octanol–water partition coefficient (Wildman–Crippen LogP) is 5.13. The van der Waals surface area contributed by atoms with Crippen LogP contribution in [0.4, 0.5) is 10.1 Å². The number of anilines is 1. The number of piperidine rings is 1. The number of rotatable bonds is 6. The number of para-hydroxylation sites is 1. The monoisotopic (exact) mass is 436 g/mol. The summed E-state index contributed by atoms with van der Waals surface area (Å²) in [6.45, 7) is 8.10. The molecule has 3 aromatic rings. The number of carbonyl (C=O) groups is 1. The summed E-state index contributed by atoms with van der Waals surface area (Å²) in [5.74, 6) is 0.946. The van der Waals surface area contributed by atoms with Crippen LogP contribution >= 0.6 is 0 Å². The van der Waals surface area contributed by atoms with Gasteiger partial charge in [-0.05, 0) is 55.5 Å². The number of nitrogens with one attached hydrogen (secondary N) is 1. The lowest BCUT2D eigenvalue weighted by Crippen LogP contribution is -2.40. The van der Waals surface area contributed by atoms with E-state index in [9.17, 15) is 9.18 Å². The van der Waals surface area contributed by atoms with Crippen LogP contribution in [0.15, 0.2) is 47.0 Å². The Bertz CT molecular complexity index is 1100. The molecule has 2 aromatic carbocycles. The highest BCUT2D eigenvalue weighted by Gasteiger charge is 2.27. The fraction of sp³-hybridized carbons (Fsp3) is 0.400. The molecule has 1 fully saturated rings. The number of benzene rings is 2. The maximum Gasteiger partial charge on any atom is 0.238 e. The minimum absolute atomic E-state index is 0.0205. The molecule has 2 heterocycles. The Labute approximate surface area is 187 Å². The number of hydrogen-bond donors (Lipinski definition) is 1. The molecular formula is C25H29FN4O2. The first kappa shape index (κ1) is 22.1. The van der Waals surface area contributed by atoms with Crippen LogP contribution in [0.1, 0.15) is 55.5 Å². The van der Waals surface area contributed by atoms with E-state index >= 15 is 0 Å². The van der Waals surface area contributed by atoms with Gasteiger partial charge >= 0.3 is 0 Å². The molecule has 1 N–H and O–H groups in total. The summed E-state index contributed by atoms with van der Waals surface area (Å²) in [5.41, 5.74) is 3.71. The zero-order valence-electron chi connectivity index (χ0n) is 18.8. The molecular weight excluding hydrogens is 407 g/mol. The summed E-state index contributed by atoms with van der Waals surface area (Å²) in [6, 6.07) is 12.3. The zero-order chi connectivity index (χ0) is 22.7. The van der Waals surface area contributed by atoms with Crippen LogP contribution in [0.3, 0.4) is 0 Å². The van der Waals surface area contributed by atoms with Gasteiger partial charge < -0.3 is 9.84 Å². The number of carbonyl (C=O) groups excluding carboxylic acids is 1. The molecule has 0 bridgehead atoms. The SMILES string of the molecule is Cc1cccc(C(C)C)c1NC(=O)CN1CCCC(c2nc(-c3cccc(F)c3)no2)C1. The number of aryl methyl sites for hydroxylation is 1. The van der Waals surface area contributed by atoms with E-state index in [2.05, 4.69) is 40.3 Å². The van der Waals surface area contributed by atoms with Gasteiger partial charge in [-0.3, -0.25) is 9.69 Å². The van der Waals surface area contributed by atoms with E-state index in [1.54, 1.807) is 12.1 Å². The standard InChI is InChI=1S/C25H29FN4O2/c1-16(2)21-11-4-7-17(3)23(21)27-22(31)15-30-12-6-9-19(14-30)25-28-24(29-32-25)18-8-5-10-20(26)13-18/h4-5,7-8,10-11,13,16,19H,6,9,12,14-15H2,1-3H3,(H,27,31). The van der Waals surface area contributed by atoms with Crippen molar-refractivity contribution in [3.05, 3.63) is 65.3 Å². The molecule has 0 saturated carbocycles. The van der Waals surface area contributed by atoms with Gasteiger partial charge in [-0.2, -0.15) is 4.98 Å². The van der Waals surface area contributed by atoms with Crippen molar-refractivity contribution in [1.82, 2.24) is 15.0 Å². The smallest absolute Gasteiger partial charge is 0.238 e. The highest BCUT2D eigenvalue weighted by atomic mass is 19.1. The maximum atomic E-state index is 13.5. The molecule has 1 aliphatic heterocycles. The van der Waals surface area contributed by atoms with E-state index in [1.807, 2.05) is 19.1 Å². The van der Waals surface area contributed by atoms with Crippen LogP contribution in [0.25, 0.3) is 11.4 Å². The summed E-state index contributed by atoms with van der Waals surface area (Å²) < 4.78 is 19.0. The summed E-state index contributed by atoms with van der Waals surface area (Å²) in [5, 5.41) is 7.16. The van der Waals surface area contributed by atoms with Crippen molar-refractivity contribution < 1.29 is 13.7 Å². The molecule has 168 valence electrons. The molecule has 1 unspecified atom stereocenters. The van der Waals surface area contributed by atoms with Gasteiger partial charge in [0.1, 0.15) is 5.82 Å². The molecule has 1 aromatic heterocycles. The van der Waals surface area contributed by atoms with Crippen molar-refractivity contribution in [1.29, 1.82) is 0 Å². The Kier molecular flexibility index (Phi) is 6.65. The van der Waals surface area contributed by atoms with E-state index in [1.165, 1.54) is 12.1 Å². The Morgan fingerprint density at radius 2 is 2.09 bits per heavy atom. The lowest BCUT2D eigenvalue weighted by molar-refractivity contribution is -0.117. The molecule has 0 spiro atoms. The highest BCUT2D eigenvalue weighted by Crippen LogP contribution is 2.29. The van der Waals surface area contributed by atoms with Gasteiger partial charge in [-0.1, -0.05) is 49.3 Å². The fourth-order valence-corrected chi connectivity index (χ4v) is 4.27. The molecule has 6 nitrogen and oxygen atoms in total. The van der Waals surface area contributed by atoms with Gasteiger partial charge in [-0.25, -0.2) is 4.39 Å². The second-order valence-corrected chi connectivity index (χ2v) is 8.78. The quantitative estimate of drug-likeness (QED) is 0.580. The van der Waals surface area contributed by atoms with E-state index in [0.717, 1.165) is 36.2 Å². The number of amides is 1. The van der Waals surface area contributed by atoms with E-state index in [4.69, 9.17) is 4.52 Å². The fourth-order valence-electron chi connectivity index (χ4n) is 4.27. The summed E-state index contributed by atoms with van der Waals surface area (Å²) in [4.78, 5) is 19.5. The summed E-state index contributed by atoms with van der Waals surface area (Å²) in [6.07, 6.45) is 1.86. The van der Waals surface area contributed by atoms with Crippen LogP contribution < -0.4 is 5.32 Å². The van der Waals surface area contributed by atoms with Crippen molar-refractivity contribution in [2.45, 2.75) is 45.4 Å². The molecule has 1 saturated heterocycles. The highest BCUT2D eigenvalue weighted by molar-refractivity contribution is 5.94. The number of halogens is 1. The van der Waals surface area contributed by atoms with Gasteiger partial charge in [-0.15, -0.1) is 0 Å². The molecule has 4 rings (SSSR count). The summed E-state index contributed by atoms with van der Waals surface area (Å²) >= 11 is 0. The number of nitrogens with zero attached hydrogens (tertiary/aromatic N) is 3. The molecule has 1 aliphatic rings. The Morgan fingerprint density at radius 1 is 1.28 bits per heavy atom. The number of likely N-dealkylation sites (tertiary alicyclic amines) is 1. The van der Waals surface area contributed by atoms with Crippen molar-refractivity contribution in [2.75, 3.05) is 25.0 Å². The first-order valence-electron chi connectivity index (χ1n) is 11.1. The van der Waals surface area contributed by atoms with Gasteiger partial charge in [0.25, 0.3) is 0 Å². The summed E-state index contributed by atoms with van der Waals surface area (Å²) in [7, 11) is 0. The van der Waals surface area contributed by atoms with Crippen LogP contribution in [-0.2, 0) is 4.79 Å². The second-order valence-electron chi connectivity index (χ2n) is 8.78. The largest absolute Gasteiger partial charge is 0.339 e. The molecule has 0 aliphatic carbocycles. The molecule has 0 radical (unpaired) electrons. The average molecular weight is 437 g/mol. The van der Waals surface area contributed by atoms with Gasteiger partial charge in [0.05, 0.1) is 12.5 Å². The molecule has 1 amide bonds. The third-order valence-corrected chi connectivity index (χ3v) is 5.94. The van der Waals surface area contributed by atoms with Crippen molar-refractivity contribution in [2.24, 2.45) is 0 Å². The topological polar surface area (TPSA) is 71.3 Å². The third kappa shape index (κ3) is 5.05. The van der Waals surface area contributed by atoms with E-state index < -0.39 is 0 Å². The van der Waals surface area contributed by atoms with Crippen LogP contribution in [0, 0.1) is 12.7 Å². The first-order chi connectivity index (χ1) is 15.4. The van der Waals surface area contributed by atoms with Gasteiger partial charge in [0, 0.05) is 17.8 Å². The second kappa shape index (κ2) is 9.61. The van der Waals surface area contributed by atoms with E-state index in [-0.39, 0.29) is 17.6 Å². The lowest BCUT2D eigenvalue weighted by atomic mass is 9.97. The lowest BCUT2D eigenvalue weighted by Gasteiger charge is -2.30. The van der Waals surface area contributed by atoms with Crippen molar-refractivity contribution in [3.8, 4) is 11.4 Å². The Balaban J connectivity index is 1.40. The van der Waals surface area contributed by atoms with Crippen molar-refractivity contribution in [3.63, 3.8) is 0 Å².